The van der Waals surface area contributed by atoms with E-state index in [9.17, 15) is 4.39 Å². The summed E-state index contributed by atoms with van der Waals surface area (Å²) in [5.74, 6) is 0.564. The van der Waals surface area contributed by atoms with Crippen LogP contribution in [-0.4, -0.2) is 46.7 Å². The Morgan fingerprint density at radius 1 is 1.42 bits per heavy atom. The smallest absolute Gasteiger partial charge is 0.214 e. The predicted molar refractivity (Wildman–Crippen MR) is 100 cm³/mol. The van der Waals surface area contributed by atoms with E-state index in [1.165, 1.54) is 11.8 Å². The number of nitrogens with one attached hydrogen (secondary N) is 1. The lowest BCUT2D eigenvalue weighted by atomic mass is 10.00. The van der Waals surface area contributed by atoms with Crippen molar-refractivity contribution in [3.8, 4) is 17.1 Å². The summed E-state index contributed by atoms with van der Waals surface area (Å²) in [6.07, 6.45) is 9.37. The summed E-state index contributed by atoms with van der Waals surface area (Å²) in [6.45, 7) is 1.32. The highest BCUT2D eigenvalue weighted by Gasteiger charge is 2.20. The summed E-state index contributed by atoms with van der Waals surface area (Å²) in [7, 11) is 0. The standard InChI is InChI=1S/C19H20FN3O2S/c1-26-19-22-17(12-2-4-14(20)5-3-12)18(23-19)13-6-8-21-16(10-13)25-15-7-9-24-11-15/h2-4,6,8,10,14-15H,5,7,9,11H2,1H3,(H,22,23). The topological polar surface area (TPSA) is 60.0 Å². The van der Waals surface area contributed by atoms with Crippen LogP contribution in [-0.2, 0) is 4.74 Å². The maximum Gasteiger partial charge on any atom is 0.214 e. The molecular formula is C19H20FN3O2S. The summed E-state index contributed by atoms with van der Waals surface area (Å²) in [6, 6.07) is 3.81. The van der Waals surface area contributed by atoms with Crippen molar-refractivity contribution in [3.63, 3.8) is 0 Å². The number of thioether (sulfide) groups is 1. The lowest BCUT2D eigenvalue weighted by Gasteiger charge is -2.12. The molecule has 5 nitrogen and oxygen atoms in total. The Labute approximate surface area is 155 Å². The molecule has 2 atom stereocenters. The van der Waals surface area contributed by atoms with Crippen LogP contribution >= 0.6 is 11.8 Å². The van der Waals surface area contributed by atoms with Gasteiger partial charge in [-0.05, 0) is 24.0 Å². The van der Waals surface area contributed by atoms with E-state index in [-0.39, 0.29) is 6.10 Å². The molecule has 1 aliphatic carbocycles. The Kier molecular flexibility index (Phi) is 5.08. The third-order valence-corrected chi connectivity index (χ3v) is 4.98. The first-order valence-electron chi connectivity index (χ1n) is 8.60. The minimum atomic E-state index is -0.917. The molecule has 3 heterocycles. The first-order chi connectivity index (χ1) is 12.7. The number of H-pyrrole nitrogens is 1. The van der Waals surface area contributed by atoms with Crippen molar-refractivity contribution < 1.29 is 13.9 Å². The van der Waals surface area contributed by atoms with Gasteiger partial charge in [-0.2, -0.15) is 0 Å². The number of hydrogen-bond acceptors (Lipinski definition) is 5. The van der Waals surface area contributed by atoms with Gasteiger partial charge in [-0.3, -0.25) is 0 Å². The number of halogens is 1. The average Bonchev–Trinajstić information content (AvgIpc) is 3.32. The molecule has 2 aliphatic rings. The van der Waals surface area contributed by atoms with Crippen molar-refractivity contribution in [1.82, 2.24) is 15.0 Å². The quantitative estimate of drug-likeness (QED) is 0.802. The third-order valence-electron chi connectivity index (χ3n) is 4.40. The molecule has 0 saturated carbocycles. The number of imidazole rings is 1. The van der Waals surface area contributed by atoms with E-state index in [0.29, 0.717) is 18.9 Å². The van der Waals surface area contributed by atoms with Gasteiger partial charge in [-0.15, -0.1) is 0 Å². The first-order valence-corrected chi connectivity index (χ1v) is 9.83. The molecule has 0 aromatic carbocycles. The summed E-state index contributed by atoms with van der Waals surface area (Å²) in [5.41, 5.74) is 3.57. The molecule has 2 aromatic heterocycles. The third kappa shape index (κ3) is 3.68. The van der Waals surface area contributed by atoms with Gasteiger partial charge < -0.3 is 14.5 Å². The summed E-state index contributed by atoms with van der Waals surface area (Å²) in [4.78, 5) is 12.3. The number of nitrogens with zero attached hydrogens (tertiary/aromatic N) is 2. The molecule has 0 amide bonds. The molecule has 1 saturated heterocycles. The number of aromatic nitrogens is 3. The number of ether oxygens (including phenoxy) is 2. The van der Waals surface area contributed by atoms with Crippen molar-refractivity contribution >= 4 is 17.3 Å². The van der Waals surface area contributed by atoms with Gasteiger partial charge in [0, 0.05) is 30.7 Å². The zero-order valence-electron chi connectivity index (χ0n) is 14.4. The van der Waals surface area contributed by atoms with E-state index in [1.54, 1.807) is 12.3 Å². The van der Waals surface area contributed by atoms with E-state index in [4.69, 9.17) is 14.5 Å². The van der Waals surface area contributed by atoms with Crippen molar-refractivity contribution in [2.75, 3.05) is 19.5 Å². The molecule has 2 unspecified atom stereocenters. The normalized spacial score (nSPS) is 22.5. The number of alkyl halides is 1. The highest BCUT2D eigenvalue weighted by atomic mass is 32.2. The largest absolute Gasteiger partial charge is 0.472 e. The zero-order valence-corrected chi connectivity index (χ0v) is 15.3. The van der Waals surface area contributed by atoms with Crippen molar-refractivity contribution in [3.05, 3.63) is 42.3 Å². The first kappa shape index (κ1) is 17.3. The number of allylic oxidation sites excluding steroid dienone is 4. The Hall–Kier alpha value is -2.12. The van der Waals surface area contributed by atoms with Crippen LogP contribution < -0.4 is 4.74 Å². The molecule has 1 fully saturated rings. The van der Waals surface area contributed by atoms with Crippen molar-refractivity contribution in [1.29, 1.82) is 0 Å². The number of pyridine rings is 1. The summed E-state index contributed by atoms with van der Waals surface area (Å²) >= 11 is 1.54. The fraction of sp³-hybridized carbons (Fsp3) is 0.368. The highest BCUT2D eigenvalue weighted by molar-refractivity contribution is 7.98. The van der Waals surface area contributed by atoms with Gasteiger partial charge in [0.15, 0.2) is 5.16 Å². The molecule has 0 spiro atoms. The molecule has 1 N–H and O–H groups in total. The van der Waals surface area contributed by atoms with Crippen LogP contribution in [0.4, 0.5) is 4.39 Å². The lowest BCUT2D eigenvalue weighted by Crippen LogP contribution is -2.16. The maximum absolute atomic E-state index is 13.4. The van der Waals surface area contributed by atoms with Gasteiger partial charge in [-0.1, -0.05) is 23.9 Å². The number of rotatable bonds is 5. The zero-order chi connectivity index (χ0) is 17.9. The highest BCUT2D eigenvalue weighted by Crippen LogP contribution is 2.33. The van der Waals surface area contributed by atoms with Gasteiger partial charge >= 0.3 is 0 Å². The molecular weight excluding hydrogens is 353 g/mol. The van der Waals surface area contributed by atoms with Crippen molar-refractivity contribution in [2.45, 2.75) is 30.3 Å². The van der Waals surface area contributed by atoms with Crippen LogP contribution in [0.5, 0.6) is 5.88 Å². The number of aromatic amines is 1. The van der Waals surface area contributed by atoms with E-state index in [0.717, 1.165) is 40.7 Å². The molecule has 4 rings (SSSR count). The van der Waals surface area contributed by atoms with E-state index in [2.05, 4.69) is 9.97 Å². The van der Waals surface area contributed by atoms with Crippen LogP contribution in [0.1, 0.15) is 18.5 Å². The summed E-state index contributed by atoms with van der Waals surface area (Å²) < 4.78 is 24.7. The SMILES string of the molecule is CSc1nc(-c2ccnc(OC3CCOC3)c2)c(C2=CCC(F)C=C2)[nH]1. The predicted octanol–water partition coefficient (Wildman–Crippen LogP) is 4.04. The molecule has 2 aromatic rings. The van der Waals surface area contributed by atoms with Crippen LogP contribution in [0.2, 0.25) is 0 Å². The molecule has 136 valence electrons. The molecule has 0 radical (unpaired) electrons. The maximum atomic E-state index is 13.4. The average molecular weight is 373 g/mol. The monoisotopic (exact) mass is 373 g/mol. The Morgan fingerprint density at radius 2 is 2.35 bits per heavy atom. The van der Waals surface area contributed by atoms with Crippen LogP contribution in [0.3, 0.4) is 0 Å². The van der Waals surface area contributed by atoms with Crippen LogP contribution in [0.15, 0.2) is 41.7 Å². The van der Waals surface area contributed by atoms with E-state index < -0.39 is 6.17 Å². The molecule has 1 aliphatic heterocycles. The van der Waals surface area contributed by atoms with Crippen molar-refractivity contribution in [2.24, 2.45) is 0 Å². The fourth-order valence-corrected chi connectivity index (χ4v) is 3.43. The second-order valence-corrected chi connectivity index (χ2v) is 7.02. The Morgan fingerprint density at radius 3 is 3.08 bits per heavy atom. The Balaban J connectivity index is 1.66. The van der Waals surface area contributed by atoms with Gasteiger partial charge in [0.2, 0.25) is 5.88 Å². The van der Waals surface area contributed by atoms with Gasteiger partial charge in [0.05, 0.1) is 24.6 Å². The molecule has 0 bridgehead atoms. The van der Waals surface area contributed by atoms with Gasteiger partial charge in [0.1, 0.15) is 12.3 Å². The molecule has 26 heavy (non-hydrogen) atoms. The van der Waals surface area contributed by atoms with Gasteiger partial charge in [-0.25, -0.2) is 14.4 Å². The molecule has 7 heteroatoms. The second-order valence-electron chi connectivity index (χ2n) is 6.23. The number of hydrogen-bond donors (Lipinski definition) is 1. The van der Waals surface area contributed by atoms with E-state index >= 15 is 0 Å². The second kappa shape index (κ2) is 7.63. The van der Waals surface area contributed by atoms with Crippen LogP contribution in [0.25, 0.3) is 16.8 Å². The minimum absolute atomic E-state index is 0.0450. The fourth-order valence-electron chi connectivity index (χ4n) is 3.04. The lowest BCUT2D eigenvalue weighted by molar-refractivity contribution is 0.138. The Bertz CT molecular complexity index is 843. The summed E-state index contributed by atoms with van der Waals surface area (Å²) in [5, 5.41) is 0.815. The minimum Gasteiger partial charge on any atom is -0.472 e. The van der Waals surface area contributed by atoms with Crippen LogP contribution in [0, 0.1) is 0 Å². The van der Waals surface area contributed by atoms with E-state index in [1.807, 2.05) is 30.5 Å². The van der Waals surface area contributed by atoms with Gasteiger partial charge in [0.25, 0.3) is 0 Å².